The first-order valence-electron chi connectivity index (χ1n) is 6.71. The Labute approximate surface area is 127 Å². The van der Waals surface area contributed by atoms with E-state index in [2.05, 4.69) is 10.9 Å². The summed E-state index contributed by atoms with van der Waals surface area (Å²) in [5.41, 5.74) is 6.48. The first-order valence-corrected chi connectivity index (χ1v) is 6.71. The molecule has 0 unspecified atom stereocenters. The van der Waals surface area contributed by atoms with Crippen molar-refractivity contribution in [1.29, 1.82) is 0 Å². The van der Waals surface area contributed by atoms with Crippen LogP contribution in [0.1, 0.15) is 26.3 Å². The van der Waals surface area contributed by atoms with E-state index >= 15 is 0 Å². The van der Waals surface area contributed by atoms with Crippen molar-refractivity contribution in [1.82, 2.24) is 10.9 Å². The van der Waals surface area contributed by atoms with E-state index in [1.54, 1.807) is 30.3 Å². The summed E-state index contributed by atoms with van der Waals surface area (Å²) >= 11 is 0. The Kier molecular flexibility index (Phi) is 3.65. The lowest BCUT2D eigenvalue weighted by Gasteiger charge is -2.09. The van der Waals surface area contributed by atoms with Gasteiger partial charge in [-0.15, -0.1) is 0 Å². The molecular formula is C16H14N2O4. The average molecular weight is 298 g/mol. The molecule has 0 saturated carbocycles. The van der Waals surface area contributed by atoms with Gasteiger partial charge in [-0.2, -0.15) is 0 Å². The van der Waals surface area contributed by atoms with Gasteiger partial charge in [0, 0.05) is 11.1 Å². The van der Waals surface area contributed by atoms with Crippen LogP contribution in [-0.2, 0) is 0 Å². The van der Waals surface area contributed by atoms with E-state index in [4.69, 9.17) is 9.47 Å². The zero-order valence-corrected chi connectivity index (χ0v) is 11.9. The molecule has 22 heavy (non-hydrogen) atoms. The molecule has 0 aromatic heterocycles. The molecular weight excluding hydrogens is 284 g/mol. The SMILES string of the molecule is Cc1ccccc1C(=O)NNC(=O)c1ccc2c(c1)OCO2. The van der Waals surface area contributed by atoms with Crippen LogP contribution in [-0.4, -0.2) is 18.6 Å². The Morgan fingerprint density at radius 2 is 1.68 bits per heavy atom. The lowest BCUT2D eigenvalue weighted by atomic mass is 10.1. The van der Waals surface area contributed by atoms with Crippen LogP contribution in [0.4, 0.5) is 0 Å². The van der Waals surface area contributed by atoms with E-state index in [0.29, 0.717) is 22.6 Å². The second kappa shape index (κ2) is 5.77. The Morgan fingerprint density at radius 1 is 0.955 bits per heavy atom. The first-order chi connectivity index (χ1) is 10.6. The smallest absolute Gasteiger partial charge is 0.269 e. The number of aryl methyl sites for hydroxylation is 1. The summed E-state index contributed by atoms with van der Waals surface area (Å²) in [6.45, 7) is 1.97. The topological polar surface area (TPSA) is 76.7 Å². The van der Waals surface area contributed by atoms with Crippen molar-refractivity contribution in [3.05, 3.63) is 59.2 Å². The van der Waals surface area contributed by atoms with Crippen molar-refractivity contribution in [2.75, 3.05) is 6.79 Å². The van der Waals surface area contributed by atoms with Crippen molar-refractivity contribution in [2.45, 2.75) is 6.92 Å². The molecule has 2 amide bonds. The van der Waals surface area contributed by atoms with Gasteiger partial charge in [0.25, 0.3) is 11.8 Å². The number of benzene rings is 2. The summed E-state index contributed by atoms with van der Waals surface area (Å²) in [6, 6.07) is 12.0. The van der Waals surface area contributed by atoms with Gasteiger partial charge in [0.1, 0.15) is 0 Å². The fraction of sp³-hybridized carbons (Fsp3) is 0.125. The van der Waals surface area contributed by atoms with E-state index in [9.17, 15) is 9.59 Å². The van der Waals surface area contributed by atoms with Crippen molar-refractivity contribution in [3.63, 3.8) is 0 Å². The zero-order chi connectivity index (χ0) is 15.5. The van der Waals surface area contributed by atoms with Gasteiger partial charge in [-0.1, -0.05) is 18.2 Å². The number of carbonyl (C=O) groups is 2. The van der Waals surface area contributed by atoms with Crippen LogP contribution in [0.15, 0.2) is 42.5 Å². The summed E-state index contributed by atoms with van der Waals surface area (Å²) in [5.74, 6) is 0.311. The number of carbonyl (C=O) groups excluding carboxylic acids is 2. The number of nitrogens with one attached hydrogen (secondary N) is 2. The largest absolute Gasteiger partial charge is 0.454 e. The van der Waals surface area contributed by atoms with Gasteiger partial charge in [-0.05, 0) is 36.8 Å². The molecule has 2 aromatic carbocycles. The van der Waals surface area contributed by atoms with Crippen LogP contribution in [0, 0.1) is 6.92 Å². The molecule has 1 aliphatic rings. The first kappa shape index (κ1) is 13.9. The Morgan fingerprint density at radius 3 is 2.50 bits per heavy atom. The Bertz CT molecular complexity index is 743. The van der Waals surface area contributed by atoms with Gasteiger partial charge in [0.05, 0.1) is 0 Å². The van der Waals surface area contributed by atoms with Crippen molar-refractivity contribution in [2.24, 2.45) is 0 Å². The molecule has 2 N–H and O–H groups in total. The number of ether oxygens (including phenoxy) is 2. The molecule has 0 atom stereocenters. The monoisotopic (exact) mass is 298 g/mol. The lowest BCUT2D eigenvalue weighted by molar-refractivity contribution is 0.0846. The fourth-order valence-corrected chi connectivity index (χ4v) is 2.12. The van der Waals surface area contributed by atoms with E-state index in [0.717, 1.165) is 5.56 Å². The number of fused-ring (bicyclic) bond motifs is 1. The third kappa shape index (κ3) is 2.71. The molecule has 0 saturated heterocycles. The summed E-state index contributed by atoms with van der Waals surface area (Å²) in [4.78, 5) is 24.1. The molecule has 1 heterocycles. The van der Waals surface area contributed by atoms with Crippen LogP contribution in [0.25, 0.3) is 0 Å². The van der Waals surface area contributed by atoms with Gasteiger partial charge in [0.2, 0.25) is 6.79 Å². The molecule has 0 bridgehead atoms. The molecule has 0 spiro atoms. The highest BCUT2D eigenvalue weighted by atomic mass is 16.7. The maximum atomic E-state index is 12.0. The molecule has 2 aromatic rings. The second-order valence-corrected chi connectivity index (χ2v) is 4.79. The molecule has 0 radical (unpaired) electrons. The van der Waals surface area contributed by atoms with Gasteiger partial charge in [-0.3, -0.25) is 20.4 Å². The molecule has 3 rings (SSSR count). The summed E-state index contributed by atoms with van der Waals surface area (Å²) < 4.78 is 10.4. The van der Waals surface area contributed by atoms with Crippen molar-refractivity contribution >= 4 is 11.8 Å². The molecule has 6 nitrogen and oxygen atoms in total. The van der Waals surface area contributed by atoms with Gasteiger partial charge < -0.3 is 9.47 Å². The maximum absolute atomic E-state index is 12.0. The molecule has 1 aliphatic heterocycles. The van der Waals surface area contributed by atoms with Gasteiger partial charge in [0.15, 0.2) is 11.5 Å². The van der Waals surface area contributed by atoms with Gasteiger partial charge in [-0.25, -0.2) is 0 Å². The fourth-order valence-electron chi connectivity index (χ4n) is 2.12. The summed E-state index contributed by atoms with van der Waals surface area (Å²) in [6.07, 6.45) is 0. The third-order valence-corrected chi connectivity index (χ3v) is 3.31. The third-order valence-electron chi connectivity index (χ3n) is 3.31. The standard InChI is InChI=1S/C16H14N2O4/c1-10-4-2-3-5-12(10)16(20)18-17-15(19)11-6-7-13-14(8-11)22-9-21-13/h2-8H,9H2,1H3,(H,17,19)(H,18,20). The minimum atomic E-state index is -0.430. The number of hydrogen-bond donors (Lipinski definition) is 2. The summed E-state index contributed by atoms with van der Waals surface area (Å²) in [5, 5.41) is 0. The minimum absolute atomic E-state index is 0.143. The van der Waals surface area contributed by atoms with E-state index in [1.165, 1.54) is 0 Å². The molecule has 0 fully saturated rings. The number of rotatable bonds is 2. The second-order valence-electron chi connectivity index (χ2n) is 4.79. The highest BCUT2D eigenvalue weighted by Gasteiger charge is 2.16. The zero-order valence-electron chi connectivity index (χ0n) is 11.9. The van der Waals surface area contributed by atoms with Crippen LogP contribution < -0.4 is 20.3 Å². The van der Waals surface area contributed by atoms with Gasteiger partial charge >= 0.3 is 0 Å². The van der Waals surface area contributed by atoms with Crippen LogP contribution in [0.5, 0.6) is 11.5 Å². The van der Waals surface area contributed by atoms with E-state index in [-0.39, 0.29) is 12.7 Å². The minimum Gasteiger partial charge on any atom is -0.454 e. The quantitative estimate of drug-likeness (QED) is 0.829. The molecule has 0 aliphatic carbocycles. The predicted octanol–water partition coefficient (Wildman–Crippen LogP) is 1.80. The summed E-state index contributed by atoms with van der Waals surface area (Å²) in [7, 11) is 0. The Balaban J connectivity index is 1.65. The van der Waals surface area contributed by atoms with Crippen LogP contribution in [0.3, 0.4) is 0 Å². The lowest BCUT2D eigenvalue weighted by Crippen LogP contribution is -2.41. The van der Waals surface area contributed by atoms with Crippen molar-refractivity contribution in [3.8, 4) is 11.5 Å². The van der Waals surface area contributed by atoms with Crippen LogP contribution in [0.2, 0.25) is 0 Å². The van der Waals surface area contributed by atoms with Crippen molar-refractivity contribution < 1.29 is 19.1 Å². The van der Waals surface area contributed by atoms with E-state index in [1.807, 2.05) is 19.1 Å². The number of amides is 2. The van der Waals surface area contributed by atoms with E-state index < -0.39 is 5.91 Å². The highest BCUT2D eigenvalue weighted by Crippen LogP contribution is 2.32. The normalized spacial score (nSPS) is 11.9. The molecule has 6 heteroatoms. The predicted molar refractivity (Wildman–Crippen MR) is 78.7 cm³/mol. The Hall–Kier alpha value is -3.02. The number of hydrazine groups is 1. The molecule has 112 valence electrons. The highest BCUT2D eigenvalue weighted by molar-refractivity contribution is 6.00. The number of hydrogen-bond acceptors (Lipinski definition) is 4. The maximum Gasteiger partial charge on any atom is 0.269 e. The average Bonchev–Trinajstić information content (AvgIpc) is 3.00. The van der Waals surface area contributed by atoms with Crippen LogP contribution >= 0.6 is 0 Å².